The van der Waals surface area contributed by atoms with Crippen molar-refractivity contribution in [1.82, 2.24) is 4.98 Å². The van der Waals surface area contributed by atoms with Gasteiger partial charge in [0, 0.05) is 18.1 Å². The third-order valence-electron chi connectivity index (χ3n) is 5.03. The average Bonchev–Trinajstić information content (AvgIpc) is 3.33. The van der Waals surface area contributed by atoms with Crippen LogP contribution in [0.15, 0.2) is 115 Å². The fourth-order valence-corrected chi connectivity index (χ4v) is 3.40. The number of hydrogen-bond donors (Lipinski definition) is 2. The first kappa shape index (κ1) is 20.9. The Labute approximate surface area is 186 Å². The lowest BCUT2D eigenvalue weighted by Gasteiger charge is -2.19. The van der Waals surface area contributed by atoms with Gasteiger partial charge in [0.15, 0.2) is 0 Å². The molecule has 0 bridgehead atoms. The highest BCUT2D eigenvalue weighted by Crippen LogP contribution is 2.35. The van der Waals surface area contributed by atoms with Gasteiger partial charge in [0.05, 0.1) is 5.56 Å². The summed E-state index contributed by atoms with van der Waals surface area (Å²) < 4.78 is 5.78. The van der Waals surface area contributed by atoms with E-state index >= 15 is 0 Å². The van der Waals surface area contributed by atoms with Crippen LogP contribution in [0.2, 0.25) is 0 Å². The van der Waals surface area contributed by atoms with Gasteiger partial charge in [-0.15, -0.1) is 0 Å². The van der Waals surface area contributed by atoms with Crippen molar-refractivity contribution >= 4 is 16.9 Å². The van der Waals surface area contributed by atoms with E-state index in [1.807, 2.05) is 42.6 Å². The lowest BCUT2D eigenvalue weighted by molar-refractivity contribution is 0.0697. The zero-order valence-corrected chi connectivity index (χ0v) is 17.4. The quantitative estimate of drug-likeness (QED) is 0.302. The number of nitrogens with one attached hydrogen (secondary N) is 1. The van der Waals surface area contributed by atoms with E-state index in [1.54, 1.807) is 30.3 Å². The Bertz CT molecular complexity index is 1190. The molecule has 1 aliphatic heterocycles. The largest absolute Gasteiger partial charge is 0.478 e. The summed E-state index contributed by atoms with van der Waals surface area (Å²) in [5.74, 6) is 1.10. The number of ether oxygens (including phenoxy) is 1. The second-order valence-electron chi connectivity index (χ2n) is 7.23. The van der Waals surface area contributed by atoms with Crippen molar-refractivity contribution in [2.45, 2.75) is 6.42 Å². The number of carboxylic acids is 1. The molecule has 4 aromatic carbocycles. The Hall–Kier alpha value is -4.31. The smallest absolute Gasteiger partial charge is 0.335 e. The van der Waals surface area contributed by atoms with Gasteiger partial charge in [-0.25, -0.2) is 4.79 Å². The maximum Gasteiger partial charge on any atom is 0.335 e. The first-order chi connectivity index (χ1) is 15.7. The molecule has 1 aromatic heterocycles. The summed E-state index contributed by atoms with van der Waals surface area (Å²) in [7, 11) is 0. The van der Waals surface area contributed by atoms with Crippen molar-refractivity contribution in [3.63, 3.8) is 0 Å². The van der Waals surface area contributed by atoms with Gasteiger partial charge in [0.25, 0.3) is 0 Å². The van der Waals surface area contributed by atoms with Crippen molar-refractivity contribution in [2.75, 3.05) is 0 Å². The molecule has 32 heavy (non-hydrogen) atoms. The van der Waals surface area contributed by atoms with E-state index in [0.29, 0.717) is 5.56 Å². The van der Waals surface area contributed by atoms with Gasteiger partial charge < -0.3 is 14.8 Å². The third kappa shape index (κ3) is 5.24. The van der Waals surface area contributed by atoms with Gasteiger partial charge in [-0.3, -0.25) is 0 Å². The molecule has 2 N–H and O–H groups in total. The Morgan fingerprint density at radius 1 is 0.688 bits per heavy atom. The highest BCUT2D eigenvalue weighted by molar-refractivity contribution is 5.87. The first-order valence-electron chi connectivity index (χ1n) is 10.3. The number of carboxylic acid groups (broad SMARTS) is 1. The van der Waals surface area contributed by atoms with Crippen LogP contribution < -0.4 is 4.74 Å². The van der Waals surface area contributed by atoms with Gasteiger partial charge in [-0.05, 0) is 52.9 Å². The first-order valence-corrected chi connectivity index (χ1v) is 10.3. The normalized spacial score (nSPS) is 10.9. The summed E-state index contributed by atoms with van der Waals surface area (Å²) in [5, 5.41) is 9.66. The zero-order chi connectivity index (χ0) is 22.2. The second-order valence-corrected chi connectivity index (χ2v) is 7.23. The van der Waals surface area contributed by atoms with Gasteiger partial charge in [-0.2, -0.15) is 0 Å². The molecule has 0 amide bonds. The summed E-state index contributed by atoms with van der Waals surface area (Å²) in [5.41, 5.74) is 4.08. The lowest BCUT2D eigenvalue weighted by Crippen LogP contribution is -2.01. The van der Waals surface area contributed by atoms with E-state index in [1.165, 1.54) is 22.0 Å². The van der Waals surface area contributed by atoms with Crippen LogP contribution in [0.25, 0.3) is 10.9 Å². The van der Waals surface area contributed by atoms with Crippen LogP contribution in [0, 0.1) is 0 Å². The number of aromatic nitrogens is 1. The molecule has 4 heteroatoms. The number of para-hydroxylation sites is 3. The van der Waals surface area contributed by atoms with Gasteiger partial charge in [-0.1, -0.05) is 72.8 Å². The number of hydrogen-bond acceptors (Lipinski definition) is 2. The summed E-state index contributed by atoms with van der Waals surface area (Å²) in [4.78, 5) is 13.3. The minimum atomic E-state index is -0.879. The topological polar surface area (TPSA) is 62.3 Å². The molecule has 0 spiro atoms. The minimum absolute atomic E-state index is 0.331. The molecule has 0 saturated carbocycles. The van der Waals surface area contributed by atoms with Crippen LogP contribution in [0.5, 0.6) is 11.5 Å². The Balaban J connectivity index is 0.000000120. The molecule has 2 heterocycles. The number of H-pyrrole nitrogens is 1. The number of aromatic carboxylic acids is 1. The van der Waals surface area contributed by atoms with Gasteiger partial charge in [0.1, 0.15) is 11.5 Å². The summed E-state index contributed by atoms with van der Waals surface area (Å²) in [6.45, 7) is 0. The van der Waals surface area contributed by atoms with Crippen molar-refractivity contribution in [3.05, 3.63) is 132 Å². The Morgan fingerprint density at radius 2 is 1.25 bits per heavy atom. The molecule has 0 radical (unpaired) electrons. The molecule has 6 rings (SSSR count). The van der Waals surface area contributed by atoms with Crippen LogP contribution in [-0.2, 0) is 6.42 Å². The number of aromatic amines is 1. The van der Waals surface area contributed by atoms with Crippen LogP contribution in [0.4, 0.5) is 0 Å². The maximum atomic E-state index is 10.2. The number of carbonyl (C=O) groups is 1. The van der Waals surface area contributed by atoms with E-state index in [4.69, 9.17) is 9.84 Å². The molecule has 0 saturated heterocycles. The Kier molecular flexibility index (Phi) is 6.63. The van der Waals surface area contributed by atoms with E-state index in [9.17, 15) is 4.79 Å². The molecule has 5 aromatic rings. The third-order valence-corrected chi connectivity index (χ3v) is 5.03. The van der Waals surface area contributed by atoms with E-state index in [-0.39, 0.29) is 0 Å². The van der Waals surface area contributed by atoms with Crippen molar-refractivity contribution < 1.29 is 14.6 Å². The number of rotatable bonds is 1. The molecule has 0 aliphatic carbocycles. The van der Waals surface area contributed by atoms with Crippen LogP contribution in [-0.4, -0.2) is 16.1 Å². The minimum Gasteiger partial charge on any atom is -0.478 e. The summed E-state index contributed by atoms with van der Waals surface area (Å²) in [6, 6.07) is 35.0. The summed E-state index contributed by atoms with van der Waals surface area (Å²) in [6.07, 6.45) is 2.93. The maximum absolute atomic E-state index is 10.2. The molecule has 1 aliphatic rings. The molecular weight excluding hydrogens is 398 g/mol. The van der Waals surface area contributed by atoms with E-state index in [0.717, 1.165) is 17.9 Å². The SMILES string of the molecule is O=C(O)c1ccccc1.c1ccc2[nH]ccc2c1.c1ccc2c(c1)Cc1ccccc1O2. The average molecular weight is 421 g/mol. The molecule has 4 nitrogen and oxygen atoms in total. The zero-order valence-electron chi connectivity index (χ0n) is 17.4. The van der Waals surface area contributed by atoms with Crippen molar-refractivity contribution in [2.24, 2.45) is 0 Å². The Morgan fingerprint density at radius 3 is 1.84 bits per heavy atom. The lowest BCUT2D eigenvalue weighted by atomic mass is 10.0. The fraction of sp³-hybridized carbons (Fsp3) is 0.0357. The molecule has 158 valence electrons. The monoisotopic (exact) mass is 421 g/mol. The fourth-order valence-electron chi connectivity index (χ4n) is 3.40. The standard InChI is InChI=1S/C13H10O.C8H7N.C7H6O2/c1-3-7-12-10(5-1)9-11-6-2-4-8-13(11)14-12;1-2-4-8-7(3-1)5-6-9-8;8-7(9)6-4-2-1-3-5-6/h1-8H,9H2;1-6,9H;1-5H,(H,8,9). The highest BCUT2D eigenvalue weighted by Gasteiger charge is 2.14. The number of fused-ring (bicyclic) bond motifs is 3. The molecule has 0 atom stereocenters. The molecule has 0 fully saturated rings. The summed E-state index contributed by atoms with van der Waals surface area (Å²) >= 11 is 0. The number of benzene rings is 4. The predicted octanol–water partition coefficient (Wildman–Crippen LogP) is 6.94. The van der Waals surface area contributed by atoms with Crippen LogP contribution in [0.1, 0.15) is 21.5 Å². The van der Waals surface area contributed by atoms with E-state index < -0.39 is 5.97 Å². The molecule has 0 unspecified atom stereocenters. The van der Waals surface area contributed by atoms with E-state index in [2.05, 4.69) is 47.4 Å². The van der Waals surface area contributed by atoms with Crippen molar-refractivity contribution in [3.8, 4) is 11.5 Å². The van der Waals surface area contributed by atoms with Gasteiger partial charge in [0.2, 0.25) is 0 Å². The van der Waals surface area contributed by atoms with Crippen molar-refractivity contribution in [1.29, 1.82) is 0 Å². The highest BCUT2D eigenvalue weighted by atomic mass is 16.5. The predicted molar refractivity (Wildman–Crippen MR) is 127 cm³/mol. The van der Waals surface area contributed by atoms with Gasteiger partial charge >= 0.3 is 5.97 Å². The van der Waals surface area contributed by atoms with Crippen LogP contribution >= 0.6 is 0 Å². The van der Waals surface area contributed by atoms with Crippen LogP contribution in [0.3, 0.4) is 0 Å². The second kappa shape index (κ2) is 10.1. The molecular formula is C28H23NO3.